The molecule has 0 saturated carbocycles. The van der Waals surface area contributed by atoms with E-state index >= 15 is 0 Å². The van der Waals surface area contributed by atoms with Crippen LogP contribution in [0.4, 0.5) is 18.9 Å². The van der Waals surface area contributed by atoms with E-state index in [1.807, 2.05) is 0 Å². The van der Waals surface area contributed by atoms with Crippen molar-refractivity contribution in [3.05, 3.63) is 23.8 Å². The van der Waals surface area contributed by atoms with Crippen molar-refractivity contribution in [3.8, 4) is 0 Å². The average Bonchev–Trinajstić information content (AvgIpc) is 2.35. The Morgan fingerprint density at radius 2 is 2.00 bits per heavy atom. The number of esters is 1. The van der Waals surface area contributed by atoms with Gasteiger partial charge in [-0.2, -0.15) is 13.2 Å². The first-order valence-electron chi connectivity index (χ1n) is 5.61. The van der Waals surface area contributed by atoms with Crippen LogP contribution < -0.4 is 10.5 Å². The number of carbonyl (C=O) groups is 1. The van der Waals surface area contributed by atoms with E-state index in [4.69, 9.17) is 5.73 Å². The highest BCUT2D eigenvalue weighted by Crippen LogP contribution is 2.22. The molecule has 0 amide bonds. The summed E-state index contributed by atoms with van der Waals surface area (Å²) in [6, 6.07) is 3.25. The molecular formula is C11H13F3N2O4S. The van der Waals surface area contributed by atoms with Crippen LogP contribution in [0, 0.1) is 0 Å². The number of carbonyl (C=O) groups excluding carboxylic acids is 1. The van der Waals surface area contributed by atoms with Crippen molar-refractivity contribution in [1.82, 2.24) is 4.72 Å². The highest BCUT2D eigenvalue weighted by atomic mass is 32.2. The number of benzene rings is 1. The minimum atomic E-state index is -4.47. The zero-order valence-electron chi connectivity index (χ0n) is 10.9. The first-order valence-corrected chi connectivity index (χ1v) is 7.09. The van der Waals surface area contributed by atoms with Crippen LogP contribution in [0.2, 0.25) is 0 Å². The summed E-state index contributed by atoms with van der Waals surface area (Å²) in [4.78, 5) is 10.8. The Morgan fingerprint density at radius 3 is 2.48 bits per heavy atom. The third-order valence-electron chi connectivity index (χ3n) is 2.42. The molecule has 0 fully saturated rings. The fourth-order valence-corrected chi connectivity index (χ4v) is 2.59. The number of sulfonamides is 1. The molecule has 0 aliphatic carbocycles. The highest BCUT2D eigenvalue weighted by Gasteiger charge is 2.28. The van der Waals surface area contributed by atoms with Gasteiger partial charge in [0.15, 0.2) is 0 Å². The maximum absolute atomic E-state index is 12.0. The van der Waals surface area contributed by atoms with Crippen molar-refractivity contribution in [2.45, 2.75) is 17.5 Å². The van der Waals surface area contributed by atoms with Crippen molar-refractivity contribution in [2.75, 3.05) is 19.4 Å². The fourth-order valence-electron chi connectivity index (χ4n) is 1.44. The van der Waals surface area contributed by atoms with Gasteiger partial charge in [-0.3, -0.25) is 0 Å². The molecule has 3 N–H and O–H groups in total. The Kier molecular flexibility index (Phi) is 5.18. The van der Waals surface area contributed by atoms with E-state index in [9.17, 15) is 26.4 Å². The van der Waals surface area contributed by atoms with E-state index in [-0.39, 0.29) is 11.3 Å². The van der Waals surface area contributed by atoms with E-state index in [1.54, 1.807) is 4.72 Å². The first-order chi connectivity index (χ1) is 9.57. The number of hydrogen-bond donors (Lipinski definition) is 2. The van der Waals surface area contributed by atoms with Crippen LogP contribution in [0.5, 0.6) is 0 Å². The third-order valence-corrected chi connectivity index (χ3v) is 3.96. The topological polar surface area (TPSA) is 98.5 Å². The highest BCUT2D eigenvalue weighted by molar-refractivity contribution is 7.89. The summed E-state index contributed by atoms with van der Waals surface area (Å²) in [6.07, 6.45) is -5.77. The zero-order valence-corrected chi connectivity index (χ0v) is 11.7. The summed E-state index contributed by atoms with van der Waals surface area (Å²) in [5.74, 6) is -0.712. The van der Waals surface area contributed by atoms with Crippen LogP contribution in [0.15, 0.2) is 23.1 Å². The zero-order chi connectivity index (χ0) is 16.3. The fraction of sp³-hybridized carbons (Fsp3) is 0.364. The second-order valence-corrected chi connectivity index (χ2v) is 5.74. The third kappa shape index (κ3) is 4.90. The van der Waals surface area contributed by atoms with E-state index in [2.05, 4.69) is 4.74 Å². The van der Waals surface area contributed by atoms with Gasteiger partial charge in [0.1, 0.15) is 4.90 Å². The number of ether oxygens (including phenoxy) is 1. The standard InChI is InChI=1S/C11H13F3N2O4S/c1-20-10(17)7-2-3-9(8(15)6-7)21(18,19)16-5-4-11(12,13)14/h2-3,6,16H,4-5,15H2,1H3. The van der Waals surface area contributed by atoms with Gasteiger partial charge in [0.25, 0.3) is 0 Å². The number of methoxy groups -OCH3 is 1. The van der Waals surface area contributed by atoms with Crippen molar-refractivity contribution >= 4 is 21.7 Å². The van der Waals surface area contributed by atoms with Gasteiger partial charge >= 0.3 is 12.1 Å². The largest absolute Gasteiger partial charge is 0.465 e. The van der Waals surface area contributed by atoms with E-state index in [0.29, 0.717) is 0 Å². The number of nitrogens with one attached hydrogen (secondary N) is 1. The van der Waals surface area contributed by atoms with Crippen LogP contribution in [0.1, 0.15) is 16.8 Å². The molecule has 1 aromatic rings. The van der Waals surface area contributed by atoms with Crippen LogP contribution in [0.25, 0.3) is 0 Å². The molecule has 0 unspecified atom stereocenters. The smallest absolute Gasteiger partial charge is 0.390 e. The van der Waals surface area contributed by atoms with Crippen molar-refractivity contribution in [2.24, 2.45) is 0 Å². The molecule has 0 atom stereocenters. The summed E-state index contributed by atoms with van der Waals surface area (Å²) < 4.78 is 65.8. The number of alkyl halides is 3. The second-order valence-electron chi connectivity index (χ2n) is 4.01. The lowest BCUT2D eigenvalue weighted by atomic mass is 10.2. The predicted molar refractivity (Wildman–Crippen MR) is 68.1 cm³/mol. The Balaban J connectivity index is 2.91. The average molecular weight is 326 g/mol. The molecule has 0 aliphatic heterocycles. The van der Waals surface area contributed by atoms with Gasteiger partial charge in [-0.1, -0.05) is 0 Å². The number of hydrogen-bond acceptors (Lipinski definition) is 5. The normalized spacial score (nSPS) is 12.2. The lowest BCUT2D eigenvalue weighted by Gasteiger charge is -2.11. The molecule has 0 bridgehead atoms. The lowest BCUT2D eigenvalue weighted by molar-refractivity contribution is -0.132. The van der Waals surface area contributed by atoms with Gasteiger partial charge < -0.3 is 10.5 Å². The number of nitrogen functional groups attached to an aromatic ring is 1. The lowest BCUT2D eigenvalue weighted by Crippen LogP contribution is -2.28. The van der Waals surface area contributed by atoms with Gasteiger partial charge in [0.05, 0.1) is 24.8 Å². The monoisotopic (exact) mass is 326 g/mol. The molecule has 0 radical (unpaired) electrons. The van der Waals surface area contributed by atoms with Crippen molar-refractivity contribution in [3.63, 3.8) is 0 Å². The van der Waals surface area contributed by atoms with Crippen LogP contribution in [-0.2, 0) is 14.8 Å². The molecule has 0 saturated heterocycles. The quantitative estimate of drug-likeness (QED) is 0.627. The van der Waals surface area contributed by atoms with Gasteiger partial charge in [0, 0.05) is 6.54 Å². The molecular weight excluding hydrogens is 313 g/mol. The summed E-state index contributed by atoms with van der Waals surface area (Å²) in [7, 11) is -3.05. The SMILES string of the molecule is COC(=O)c1ccc(S(=O)(=O)NCCC(F)(F)F)c(N)c1. The van der Waals surface area contributed by atoms with Gasteiger partial charge in [-0.25, -0.2) is 17.9 Å². The number of rotatable bonds is 5. The van der Waals surface area contributed by atoms with Gasteiger partial charge in [-0.15, -0.1) is 0 Å². The molecule has 1 rings (SSSR count). The minimum absolute atomic E-state index is 0.0317. The predicted octanol–water partition coefficient (Wildman–Crippen LogP) is 1.29. The van der Waals surface area contributed by atoms with E-state index in [1.165, 1.54) is 0 Å². The number of nitrogens with two attached hydrogens (primary N) is 1. The second kappa shape index (κ2) is 6.31. The van der Waals surface area contributed by atoms with E-state index in [0.717, 1.165) is 25.3 Å². The molecule has 118 valence electrons. The summed E-state index contributed by atoms with van der Waals surface area (Å²) >= 11 is 0. The molecule has 0 aliphatic rings. The number of halogens is 3. The maximum atomic E-state index is 12.0. The number of anilines is 1. The molecule has 0 heterocycles. The summed E-state index contributed by atoms with van der Waals surface area (Å²) in [5, 5.41) is 0. The van der Waals surface area contributed by atoms with Crippen molar-refractivity contribution < 1.29 is 31.1 Å². The van der Waals surface area contributed by atoms with Gasteiger partial charge in [0.2, 0.25) is 10.0 Å². The van der Waals surface area contributed by atoms with Crippen molar-refractivity contribution in [1.29, 1.82) is 0 Å². The Morgan fingerprint density at radius 1 is 1.38 bits per heavy atom. The van der Waals surface area contributed by atoms with Gasteiger partial charge in [-0.05, 0) is 18.2 Å². The van der Waals surface area contributed by atoms with Crippen LogP contribution >= 0.6 is 0 Å². The van der Waals surface area contributed by atoms with Crippen LogP contribution in [0.3, 0.4) is 0 Å². The molecule has 0 spiro atoms. The molecule has 1 aromatic carbocycles. The molecule has 6 nitrogen and oxygen atoms in total. The first kappa shape index (κ1) is 17.2. The molecule has 21 heavy (non-hydrogen) atoms. The Hall–Kier alpha value is -1.81. The summed E-state index contributed by atoms with van der Waals surface area (Å²) in [5.41, 5.74) is 5.27. The molecule has 0 aromatic heterocycles. The molecule has 10 heteroatoms. The minimum Gasteiger partial charge on any atom is -0.465 e. The Bertz CT molecular complexity index is 629. The Labute approximate surface area is 119 Å². The summed E-state index contributed by atoms with van der Waals surface area (Å²) in [6.45, 7) is -0.802. The van der Waals surface area contributed by atoms with Crippen LogP contribution in [-0.4, -0.2) is 34.2 Å². The maximum Gasteiger partial charge on any atom is 0.390 e. The van der Waals surface area contributed by atoms with E-state index < -0.39 is 40.0 Å².